The summed E-state index contributed by atoms with van der Waals surface area (Å²) in [6, 6.07) is 0. The van der Waals surface area contributed by atoms with Gasteiger partial charge in [-0.3, -0.25) is 37.3 Å². The first-order valence-corrected chi connectivity index (χ1v) is 46.2. The third kappa shape index (κ3) is 78.0. The molecule has 0 rings (SSSR count). The number of carbonyl (C=O) groups excluding carboxylic acids is 4. The number of phosphoric ester groups is 2. The number of aliphatic hydroxyl groups is 1. The molecule has 0 saturated heterocycles. The van der Waals surface area contributed by atoms with Crippen LogP contribution in [0.4, 0.5) is 0 Å². The Bertz CT molecular complexity index is 2010. The molecule has 0 aliphatic carbocycles. The van der Waals surface area contributed by atoms with Crippen molar-refractivity contribution in [2.24, 2.45) is 23.7 Å². The number of hydrogen-bond donors (Lipinski definition) is 3. The van der Waals surface area contributed by atoms with Crippen molar-refractivity contribution in [3.8, 4) is 0 Å². The highest BCUT2D eigenvalue weighted by molar-refractivity contribution is 7.47. The minimum Gasteiger partial charge on any atom is -0.462 e. The quantitative estimate of drug-likeness (QED) is 0.0222. The highest BCUT2D eigenvalue weighted by Crippen LogP contribution is 2.45. The number of rotatable bonds is 81. The minimum absolute atomic E-state index is 0.105. The van der Waals surface area contributed by atoms with E-state index in [0.717, 1.165) is 114 Å². The zero-order valence-corrected chi connectivity index (χ0v) is 69.7. The van der Waals surface area contributed by atoms with Gasteiger partial charge in [-0.1, -0.05) is 383 Å². The maximum atomic E-state index is 13.1. The van der Waals surface area contributed by atoms with Crippen molar-refractivity contribution in [3.05, 3.63) is 0 Å². The third-order valence-corrected chi connectivity index (χ3v) is 21.5. The van der Waals surface area contributed by atoms with Gasteiger partial charge in [0.2, 0.25) is 0 Å². The number of phosphoric acid groups is 2. The second kappa shape index (κ2) is 72.9. The van der Waals surface area contributed by atoms with Gasteiger partial charge in [-0.15, -0.1) is 0 Å². The average Bonchev–Trinajstić information content (AvgIpc) is 0.976. The molecule has 3 N–H and O–H groups in total. The molecule has 0 saturated carbocycles. The normalized spacial score (nSPS) is 14.0. The number of unbranched alkanes of at least 4 members (excludes halogenated alkanes) is 47. The van der Waals surface area contributed by atoms with Crippen LogP contribution in [0.15, 0.2) is 0 Å². The van der Waals surface area contributed by atoms with Gasteiger partial charge in [-0.05, 0) is 49.4 Å². The molecule has 103 heavy (non-hydrogen) atoms. The summed E-state index contributed by atoms with van der Waals surface area (Å²) < 4.78 is 68.8. The molecule has 0 aromatic heterocycles. The van der Waals surface area contributed by atoms with Gasteiger partial charge < -0.3 is 33.8 Å². The van der Waals surface area contributed by atoms with E-state index in [1.165, 1.54) is 238 Å². The van der Waals surface area contributed by atoms with Gasteiger partial charge in [0, 0.05) is 25.7 Å². The van der Waals surface area contributed by atoms with Gasteiger partial charge in [-0.25, -0.2) is 9.13 Å². The number of esters is 4. The largest absolute Gasteiger partial charge is 0.472 e. The molecule has 0 radical (unpaired) electrons. The Morgan fingerprint density at radius 1 is 0.243 bits per heavy atom. The van der Waals surface area contributed by atoms with Crippen molar-refractivity contribution >= 4 is 39.5 Å². The topological polar surface area (TPSA) is 237 Å². The SMILES string of the molecule is CC(C)CCCCCCCCCCCCCCCCCCC(=O)OC[C@H](COP(=O)(O)OC[C@@H](O)COP(=O)(O)OC[C@@H](COC(=O)CCCCCCCCCCCC(C)C)OC(=O)CCCCCCCCCCCCC(C)C)OC(=O)CCCCCCCCCCCCCCCCCCC(C)C. The van der Waals surface area contributed by atoms with E-state index in [9.17, 15) is 43.2 Å². The lowest BCUT2D eigenvalue weighted by molar-refractivity contribution is -0.161. The van der Waals surface area contributed by atoms with Gasteiger partial charge in [0.25, 0.3) is 0 Å². The third-order valence-electron chi connectivity index (χ3n) is 19.6. The van der Waals surface area contributed by atoms with E-state index in [2.05, 4.69) is 55.4 Å². The molecule has 19 heteroatoms. The van der Waals surface area contributed by atoms with Gasteiger partial charge in [0.1, 0.15) is 19.3 Å². The van der Waals surface area contributed by atoms with Gasteiger partial charge in [-0.2, -0.15) is 0 Å². The smallest absolute Gasteiger partial charge is 0.462 e. The molecule has 5 atom stereocenters. The lowest BCUT2D eigenvalue weighted by Gasteiger charge is -2.21. The molecule has 0 aliphatic rings. The summed E-state index contributed by atoms with van der Waals surface area (Å²) in [5.74, 6) is 1.01. The molecule has 0 aromatic carbocycles. The Kier molecular flexibility index (Phi) is 71.5. The molecule has 0 bridgehead atoms. The van der Waals surface area contributed by atoms with E-state index in [4.69, 9.17) is 37.0 Å². The van der Waals surface area contributed by atoms with Gasteiger partial charge in [0.05, 0.1) is 26.4 Å². The summed E-state index contributed by atoms with van der Waals surface area (Å²) in [6.45, 7) is 14.3. The number of aliphatic hydroxyl groups excluding tert-OH is 1. The summed E-state index contributed by atoms with van der Waals surface area (Å²) >= 11 is 0. The molecule has 612 valence electrons. The lowest BCUT2D eigenvalue weighted by Crippen LogP contribution is -2.30. The van der Waals surface area contributed by atoms with Crippen molar-refractivity contribution in [2.75, 3.05) is 39.6 Å². The zero-order valence-electron chi connectivity index (χ0n) is 68.0. The summed E-state index contributed by atoms with van der Waals surface area (Å²) in [4.78, 5) is 73.2. The molecule has 0 spiro atoms. The fourth-order valence-corrected chi connectivity index (χ4v) is 14.5. The van der Waals surface area contributed by atoms with Crippen molar-refractivity contribution in [2.45, 2.75) is 453 Å². The first-order chi connectivity index (χ1) is 49.6. The molecular weight excluding hydrogens is 1340 g/mol. The van der Waals surface area contributed by atoms with E-state index in [-0.39, 0.29) is 25.7 Å². The maximum absolute atomic E-state index is 13.1. The van der Waals surface area contributed by atoms with Gasteiger partial charge >= 0.3 is 39.5 Å². The van der Waals surface area contributed by atoms with Gasteiger partial charge in [0.15, 0.2) is 12.2 Å². The predicted octanol–water partition coefficient (Wildman–Crippen LogP) is 25.2. The molecule has 0 heterocycles. The Labute approximate surface area is 632 Å². The minimum atomic E-state index is -4.97. The highest BCUT2D eigenvalue weighted by atomic mass is 31.2. The number of carbonyl (C=O) groups is 4. The predicted molar refractivity (Wildman–Crippen MR) is 423 cm³/mol. The summed E-state index contributed by atoms with van der Waals surface area (Å²) in [5.41, 5.74) is 0. The number of ether oxygens (including phenoxy) is 4. The van der Waals surface area contributed by atoms with E-state index in [1.807, 2.05) is 0 Å². The second-order valence-corrected chi connectivity index (χ2v) is 35.0. The van der Waals surface area contributed by atoms with E-state index < -0.39 is 97.5 Å². The molecule has 0 aromatic rings. The van der Waals surface area contributed by atoms with Crippen LogP contribution in [-0.2, 0) is 65.4 Å². The summed E-state index contributed by atoms with van der Waals surface area (Å²) in [7, 11) is -9.93. The Balaban J connectivity index is 5.25. The van der Waals surface area contributed by atoms with E-state index in [1.54, 1.807) is 0 Å². The van der Waals surface area contributed by atoms with Crippen LogP contribution in [0.25, 0.3) is 0 Å². The monoisotopic (exact) mass is 1510 g/mol. The van der Waals surface area contributed by atoms with Crippen LogP contribution in [0.2, 0.25) is 0 Å². The average molecular weight is 1510 g/mol. The van der Waals surface area contributed by atoms with E-state index in [0.29, 0.717) is 25.7 Å². The van der Waals surface area contributed by atoms with E-state index >= 15 is 0 Å². The van der Waals surface area contributed by atoms with Crippen LogP contribution in [0.3, 0.4) is 0 Å². The second-order valence-electron chi connectivity index (χ2n) is 32.1. The van der Waals surface area contributed by atoms with Crippen LogP contribution < -0.4 is 0 Å². The maximum Gasteiger partial charge on any atom is 0.472 e. The van der Waals surface area contributed by atoms with Crippen LogP contribution in [0.1, 0.15) is 434 Å². The summed E-state index contributed by atoms with van der Waals surface area (Å²) in [6.07, 6.45) is 61.1. The fraction of sp³-hybridized carbons (Fsp3) is 0.952. The van der Waals surface area contributed by atoms with Crippen molar-refractivity contribution < 1.29 is 80.2 Å². The molecular formula is C84H164O17P2. The van der Waals surface area contributed by atoms with Crippen LogP contribution in [-0.4, -0.2) is 96.7 Å². The Morgan fingerprint density at radius 2 is 0.408 bits per heavy atom. The van der Waals surface area contributed by atoms with Crippen molar-refractivity contribution in [3.63, 3.8) is 0 Å². The lowest BCUT2D eigenvalue weighted by atomic mass is 10.0. The first-order valence-electron chi connectivity index (χ1n) is 43.2. The molecule has 0 aliphatic heterocycles. The van der Waals surface area contributed by atoms with Crippen molar-refractivity contribution in [1.29, 1.82) is 0 Å². The van der Waals surface area contributed by atoms with Crippen LogP contribution in [0.5, 0.6) is 0 Å². The Hall–Kier alpha value is -1.94. The molecule has 17 nitrogen and oxygen atoms in total. The van der Waals surface area contributed by atoms with Crippen LogP contribution in [0, 0.1) is 23.7 Å². The molecule has 0 amide bonds. The molecule has 2 unspecified atom stereocenters. The first kappa shape index (κ1) is 101. The Morgan fingerprint density at radius 3 is 0.602 bits per heavy atom. The highest BCUT2D eigenvalue weighted by Gasteiger charge is 2.30. The van der Waals surface area contributed by atoms with Crippen molar-refractivity contribution in [1.82, 2.24) is 0 Å². The summed E-state index contributed by atoms with van der Waals surface area (Å²) in [5, 5.41) is 10.7. The van der Waals surface area contributed by atoms with Crippen LogP contribution >= 0.6 is 15.6 Å². The fourth-order valence-electron chi connectivity index (χ4n) is 13.0. The molecule has 0 fully saturated rings. The zero-order chi connectivity index (χ0) is 76.0. The number of hydrogen-bond acceptors (Lipinski definition) is 15. The standard InChI is InChI=1S/C84H164O17P2/c1-74(2)60-52-44-36-28-21-17-13-9-11-15-19-23-32-40-48-56-64-81(86)94-70-79(100-83(88)66-58-50-42-33-24-20-16-12-10-14-18-22-29-37-45-53-61-75(3)4)72-98-102(90,91)96-68-78(85)69-97-103(92,93)99-73-80(71-95-82(87)65-57-49-41-35-27-31-39-47-55-63-77(7)8)101-84(89)67-59-51-43-34-26-25-30-38-46-54-62-76(5)6/h74-80,85H,9-73H2,1-8H3,(H,90,91)(H,92,93)/t78-,79-,80-/m1/s1.